The lowest BCUT2D eigenvalue weighted by molar-refractivity contribution is -0.136. The molecule has 2 aliphatic rings. The van der Waals surface area contributed by atoms with Crippen LogP contribution < -0.4 is 5.32 Å². The summed E-state index contributed by atoms with van der Waals surface area (Å²) in [6.07, 6.45) is 4.06. The Balaban J connectivity index is 1.52. The van der Waals surface area contributed by atoms with Crippen molar-refractivity contribution >= 4 is 17.8 Å². The number of piperidine rings is 1. The lowest BCUT2D eigenvalue weighted by Crippen LogP contribution is -2.42. The third-order valence-corrected chi connectivity index (χ3v) is 4.89. The second-order valence-electron chi connectivity index (χ2n) is 6.65. The maximum atomic E-state index is 12.5. The maximum Gasteiger partial charge on any atom is 0.324 e. The van der Waals surface area contributed by atoms with Gasteiger partial charge in [-0.05, 0) is 19.3 Å². The van der Waals surface area contributed by atoms with Crippen molar-refractivity contribution in [1.29, 1.82) is 0 Å². The average Bonchev–Trinajstić information content (AvgIpc) is 3.14. The first-order valence-electron chi connectivity index (χ1n) is 8.74. The van der Waals surface area contributed by atoms with Crippen LogP contribution in [0.1, 0.15) is 44.3 Å². The Bertz CT molecular complexity index is 665. The summed E-state index contributed by atoms with van der Waals surface area (Å²) in [7, 11) is 1.92. The lowest BCUT2D eigenvalue weighted by atomic mass is 9.95. The molecule has 0 spiro atoms. The molecular formula is C16H24N6O3. The summed E-state index contributed by atoms with van der Waals surface area (Å²) in [5.41, 5.74) is 0. The number of imide groups is 1. The minimum absolute atomic E-state index is 0.0272. The fourth-order valence-electron chi connectivity index (χ4n) is 3.50. The molecular weight excluding hydrogens is 324 g/mol. The normalized spacial score (nSPS) is 21.8. The van der Waals surface area contributed by atoms with Crippen LogP contribution in [0.4, 0.5) is 4.79 Å². The Morgan fingerprint density at radius 3 is 2.64 bits per heavy atom. The molecule has 0 radical (unpaired) electrons. The fraction of sp³-hybridized carbons (Fsp3) is 0.688. The molecule has 2 saturated heterocycles. The van der Waals surface area contributed by atoms with Gasteiger partial charge >= 0.3 is 6.03 Å². The highest BCUT2D eigenvalue weighted by atomic mass is 16.2. The maximum absolute atomic E-state index is 12.5. The van der Waals surface area contributed by atoms with Crippen LogP contribution in [0.2, 0.25) is 0 Å². The first kappa shape index (κ1) is 17.4. The van der Waals surface area contributed by atoms with Crippen LogP contribution in [0, 0.1) is 0 Å². The molecule has 136 valence electrons. The van der Waals surface area contributed by atoms with E-state index in [1.165, 1.54) is 4.90 Å². The van der Waals surface area contributed by atoms with Gasteiger partial charge in [0.2, 0.25) is 5.91 Å². The molecule has 4 amide bonds. The van der Waals surface area contributed by atoms with Crippen molar-refractivity contribution in [2.45, 2.75) is 44.6 Å². The van der Waals surface area contributed by atoms with Crippen molar-refractivity contribution in [2.24, 2.45) is 7.05 Å². The molecule has 3 heterocycles. The summed E-state index contributed by atoms with van der Waals surface area (Å²) in [4.78, 5) is 39.5. The predicted octanol–water partition coefficient (Wildman–Crippen LogP) is 0.242. The smallest absolute Gasteiger partial charge is 0.324 e. The molecule has 0 bridgehead atoms. The first-order chi connectivity index (χ1) is 12.0. The summed E-state index contributed by atoms with van der Waals surface area (Å²) in [5.74, 6) is 0.854. The number of carbonyl (C=O) groups is 3. The van der Waals surface area contributed by atoms with E-state index >= 15 is 0 Å². The number of urea groups is 1. The number of aryl methyl sites for hydroxylation is 1. The van der Waals surface area contributed by atoms with Crippen molar-refractivity contribution < 1.29 is 14.4 Å². The third kappa shape index (κ3) is 3.49. The number of likely N-dealkylation sites (tertiary alicyclic amines) is 1. The van der Waals surface area contributed by atoms with Crippen LogP contribution >= 0.6 is 0 Å². The second kappa shape index (κ2) is 7.20. The highest BCUT2D eigenvalue weighted by molar-refractivity contribution is 6.05. The SMILES string of the molecule is CCCN1C(=O)N[C@H](CC(=O)N2CCC(c3nncn3C)CC2)C1=O. The monoisotopic (exact) mass is 348 g/mol. The van der Waals surface area contributed by atoms with E-state index in [2.05, 4.69) is 15.5 Å². The first-order valence-corrected chi connectivity index (χ1v) is 8.74. The summed E-state index contributed by atoms with van der Waals surface area (Å²) in [6, 6.07) is -1.13. The molecule has 3 rings (SSSR count). The zero-order chi connectivity index (χ0) is 18.0. The third-order valence-electron chi connectivity index (χ3n) is 4.89. The van der Waals surface area contributed by atoms with Gasteiger partial charge in [-0.1, -0.05) is 6.92 Å². The molecule has 2 aliphatic heterocycles. The number of nitrogens with one attached hydrogen (secondary N) is 1. The molecule has 0 unspecified atom stereocenters. The number of hydrogen-bond acceptors (Lipinski definition) is 5. The summed E-state index contributed by atoms with van der Waals surface area (Å²) in [5, 5.41) is 10.7. The van der Waals surface area contributed by atoms with Crippen LogP contribution in [0.15, 0.2) is 6.33 Å². The van der Waals surface area contributed by atoms with E-state index in [-0.39, 0.29) is 18.2 Å². The van der Waals surface area contributed by atoms with E-state index < -0.39 is 12.1 Å². The molecule has 1 aromatic rings. The summed E-state index contributed by atoms with van der Waals surface area (Å²) in [6.45, 7) is 3.55. The topological polar surface area (TPSA) is 100 Å². The van der Waals surface area contributed by atoms with Crippen LogP contribution in [-0.2, 0) is 16.6 Å². The van der Waals surface area contributed by atoms with Crippen LogP contribution in [-0.4, -0.2) is 68.1 Å². The van der Waals surface area contributed by atoms with Gasteiger partial charge in [0.25, 0.3) is 5.91 Å². The van der Waals surface area contributed by atoms with E-state index in [0.717, 1.165) is 18.7 Å². The molecule has 1 atom stereocenters. The summed E-state index contributed by atoms with van der Waals surface area (Å²) >= 11 is 0. The largest absolute Gasteiger partial charge is 0.343 e. The van der Waals surface area contributed by atoms with Gasteiger partial charge in [0, 0.05) is 32.6 Å². The Kier molecular flexibility index (Phi) is 5.00. The minimum atomic E-state index is -0.733. The standard InChI is InChI=1S/C16H24N6O3/c1-3-6-22-15(24)12(18-16(22)25)9-13(23)21-7-4-11(5-8-21)14-19-17-10-20(14)2/h10-12H,3-9H2,1-2H3,(H,18,25)/t12-/m1/s1. The number of nitrogens with zero attached hydrogens (tertiary/aromatic N) is 5. The van der Waals surface area contributed by atoms with E-state index in [4.69, 9.17) is 0 Å². The molecule has 9 heteroatoms. The van der Waals surface area contributed by atoms with Crippen molar-refractivity contribution in [3.05, 3.63) is 12.2 Å². The molecule has 0 aromatic carbocycles. The Labute approximate surface area is 146 Å². The van der Waals surface area contributed by atoms with Crippen molar-refractivity contribution in [3.8, 4) is 0 Å². The number of aromatic nitrogens is 3. The molecule has 9 nitrogen and oxygen atoms in total. The molecule has 0 aliphatic carbocycles. The van der Waals surface area contributed by atoms with E-state index in [9.17, 15) is 14.4 Å². The Morgan fingerprint density at radius 2 is 2.04 bits per heavy atom. The Hall–Kier alpha value is -2.45. The van der Waals surface area contributed by atoms with E-state index in [0.29, 0.717) is 32.0 Å². The van der Waals surface area contributed by atoms with Gasteiger partial charge < -0.3 is 14.8 Å². The van der Waals surface area contributed by atoms with Gasteiger partial charge in [-0.3, -0.25) is 14.5 Å². The lowest BCUT2D eigenvalue weighted by Gasteiger charge is -2.32. The summed E-state index contributed by atoms with van der Waals surface area (Å²) < 4.78 is 1.91. The molecule has 25 heavy (non-hydrogen) atoms. The average molecular weight is 348 g/mol. The number of rotatable bonds is 5. The van der Waals surface area contributed by atoms with Crippen molar-refractivity contribution in [3.63, 3.8) is 0 Å². The molecule has 1 N–H and O–H groups in total. The minimum Gasteiger partial charge on any atom is -0.343 e. The van der Waals surface area contributed by atoms with Crippen LogP contribution in [0.3, 0.4) is 0 Å². The Morgan fingerprint density at radius 1 is 1.32 bits per heavy atom. The zero-order valence-corrected chi connectivity index (χ0v) is 14.6. The van der Waals surface area contributed by atoms with E-state index in [1.807, 2.05) is 18.5 Å². The quantitative estimate of drug-likeness (QED) is 0.769. The highest BCUT2D eigenvalue weighted by Gasteiger charge is 2.39. The molecule has 0 saturated carbocycles. The van der Waals surface area contributed by atoms with Gasteiger partial charge in [-0.2, -0.15) is 0 Å². The van der Waals surface area contributed by atoms with Crippen LogP contribution in [0.25, 0.3) is 0 Å². The van der Waals surface area contributed by atoms with Gasteiger partial charge in [-0.15, -0.1) is 10.2 Å². The van der Waals surface area contributed by atoms with Gasteiger partial charge in [0.15, 0.2) is 0 Å². The number of carbonyl (C=O) groups excluding carboxylic acids is 3. The van der Waals surface area contributed by atoms with Crippen molar-refractivity contribution in [1.82, 2.24) is 29.9 Å². The molecule has 1 aromatic heterocycles. The number of amides is 4. The second-order valence-corrected chi connectivity index (χ2v) is 6.65. The van der Waals surface area contributed by atoms with Crippen molar-refractivity contribution in [2.75, 3.05) is 19.6 Å². The van der Waals surface area contributed by atoms with Gasteiger partial charge in [0.05, 0.1) is 6.42 Å². The van der Waals surface area contributed by atoms with Gasteiger partial charge in [-0.25, -0.2) is 4.79 Å². The predicted molar refractivity (Wildman–Crippen MR) is 88.5 cm³/mol. The number of hydrogen-bond donors (Lipinski definition) is 1. The zero-order valence-electron chi connectivity index (χ0n) is 14.6. The van der Waals surface area contributed by atoms with Crippen LogP contribution in [0.5, 0.6) is 0 Å². The highest BCUT2D eigenvalue weighted by Crippen LogP contribution is 2.26. The molecule has 2 fully saturated rings. The fourth-order valence-corrected chi connectivity index (χ4v) is 3.50. The van der Waals surface area contributed by atoms with Gasteiger partial charge in [0.1, 0.15) is 18.2 Å². The van der Waals surface area contributed by atoms with E-state index in [1.54, 1.807) is 11.2 Å².